The summed E-state index contributed by atoms with van der Waals surface area (Å²) in [5.41, 5.74) is 11.6. The van der Waals surface area contributed by atoms with E-state index in [1.165, 1.54) is 0 Å². The third-order valence-electron chi connectivity index (χ3n) is 4.11. The highest BCUT2D eigenvalue weighted by molar-refractivity contribution is 8.77. The number of aliphatic carboxylic acids is 4. The maximum atomic E-state index is 12.0. The summed E-state index contributed by atoms with van der Waals surface area (Å²) in [5, 5.41) is 38.4. The number of rotatable bonds is 19. The topological polar surface area (TPSA) is 259 Å². The number of carboxylic acid groups (broad SMARTS) is 4. The van der Waals surface area contributed by atoms with E-state index in [2.05, 4.69) is 10.6 Å². The van der Waals surface area contributed by atoms with Crippen molar-refractivity contribution in [1.82, 2.24) is 10.6 Å². The summed E-state index contributed by atoms with van der Waals surface area (Å²) in [4.78, 5) is 67.5. The van der Waals surface area contributed by atoms with Crippen molar-refractivity contribution in [3.05, 3.63) is 0 Å². The van der Waals surface area contributed by atoms with E-state index in [1.807, 2.05) is 0 Å². The van der Waals surface area contributed by atoms with Crippen LogP contribution in [0.3, 0.4) is 0 Å². The van der Waals surface area contributed by atoms with Gasteiger partial charge in [0, 0.05) is 12.8 Å². The summed E-state index contributed by atoms with van der Waals surface area (Å²) in [7, 11) is 1.95. The minimum absolute atomic E-state index is 0.0574. The summed E-state index contributed by atoms with van der Waals surface area (Å²) in [6.45, 7) is 0. The number of amides is 2. The molecule has 14 nitrogen and oxygen atoms in total. The monoisotopic (exact) mass is 526 g/mol. The summed E-state index contributed by atoms with van der Waals surface area (Å²) < 4.78 is 0. The highest BCUT2D eigenvalue weighted by Crippen LogP contribution is 2.29. The molecule has 10 N–H and O–H groups in total. The number of hydrogen-bond donors (Lipinski definition) is 8. The second-order valence-corrected chi connectivity index (χ2v) is 9.92. The molecular formula is C18H30N4O10S2. The first-order valence-electron chi connectivity index (χ1n) is 10.1. The smallest absolute Gasteiger partial charge is 0.326 e. The zero-order valence-electron chi connectivity index (χ0n) is 18.2. The average molecular weight is 527 g/mol. The van der Waals surface area contributed by atoms with Crippen molar-refractivity contribution in [2.24, 2.45) is 11.5 Å². The molecule has 16 heteroatoms. The molecule has 34 heavy (non-hydrogen) atoms. The van der Waals surface area contributed by atoms with Crippen LogP contribution in [0, 0.1) is 0 Å². The van der Waals surface area contributed by atoms with E-state index in [0.29, 0.717) is 0 Å². The van der Waals surface area contributed by atoms with Gasteiger partial charge >= 0.3 is 23.9 Å². The van der Waals surface area contributed by atoms with E-state index in [-0.39, 0.29) is 51.4 Å². The fourth-order valence-electron chi connectivity index (χ4n) is 2.51. The van der Waals surface area contributed by atoms with Crippen molar-refractivity contribution in [2.75, 3.05) is 0 Å². The van der Waals surface area contributed by atoms with Crippen molar-refractivity contribution in [1.29, 1.82) is 0 Å². The SMILES string of the molecule is NC(CC(=O)NC(CCCC(=O)O)C(=O)O)SSC(N)CC(=O)NC(CCCC(=O)O)C(=O)O. The zero-order valence-corrected chi connectivity index (χ0v) is 19.8. The number of carbonyl (C=O) groups excluding carboxylic acids is 2. The Labute approximate surface area is 203 Å². The van der Waals surface area contributed by atoms with Crippen molar-refractivity contribution >= 4 is 57.3 Å². The third kappa shape index (κ3) is 16.1. The van der Waals surface area contributed by atoms with Crippen LogP contribution < -0.4 is 22.1 Å². The van der Waals surface area contributed by atoms with Gasteiger partial charge in [0.05, 0.1) is 23.6 Å². The van der Waals surface area contributed by atoms with Gasteiger partial charge in [-0.1, -0.05) is 21.6 Å². The van der Waals surface area contributed by atoms with Crippen molar-refractivity contribution in [3.63, 3.8) is 0 Å². The molecular weight excluding hydrogens is 496 g/mol. The molecule has 0 fully saturated rings. The predicted octanol–water partition coefficient (Wildman–Crippen LogP) is -0.634. The molecule has 4 atom stereocenters. The second kappa shape index (κ2) is 17.0. The highest BCUT2D eigenvalue weighted by atomic mass is 33.1. The molecule has 0 saturated carbocycles. The Bertz CT molecular complexity index is 680. The number of carboxylic acids is 4. The largest absolute Gasteiger partial charge is 0.481 e. The van der Waals surface area contributed by atoms with Crippen LogP contribution in [0.15, 0.2) is 0 Å². The second-order valence-electron chi connectivity index (χ2n) is 7.17. The Morgan fingerprint density at radius 1 is 0.647 bits per heavy atom. The fourth-order valence-corrected chi connectivity index (χ4v) is 4.50. The molecule has 2 amide bonds. The number of hydrogen-bond acceptors (Lipinski definition) is 10. The van der Waals surface area contributed by atoms with Crippen LogP contribution in [0.25, 0.3) is 0 Å². The van der Waals surface area contributed by atoms with E-state index >= 15 is 0 Å². The molecule has 0 aromatic rings. The van der Waals surface area contributed by atoms with E-state index in [1.54, 1.807) is 0 Å². The molecule has 0 aromatic carbocycles. The normalized spacial score (nSPS) is 14.3. The predicted molar refractivity (Wildman–Crippen MR) is 122 cm³/mol. The molecule has 194 valence electrons. The van der Waals surface area contributed by atoms with Crippen molar-refractivity contribution in [3.8, 4) is 0 Å². The summed E-state index contributed by atoms with van der Waals surface area (Å²) >= 11 is 0. The first kappa shape index (κ1) is 31.4. The van der Waals surface area contributed by atoms with E-state index in [0.717, 1.165) is 21.6 Å². The van der Waals surface area contributed by atoms with Crippen LogP contribution in [0.1, 0.15) is 51.4 Å². The number of nitrogens with one attached hydrogen (secondary N) is 2. The summed E-state index contributed by atoms with van der Waals surface area (Å²) in [6, 6.07) is -2.50. The Balaban J connectivity index is 4.40. The van der Waals surface area contributed by atoms with Gasteiger partial charge in [-0.05, 0) is 25.7 Å². The van der Waals surface area contributed by atoms with E-state index in [4.69, 9.17) is 31.9 Å². The molecule has 0 aliphatic carbocycles. The Kier molecular flexibility index (Phi) is 15.7. The van der Waals surface area contributed by atoms with Gasteiger partial charge in [0.15, 0.2) is 0 Å². The minimum Gasteiger partial charge on any atom is -0.481 e. The molecule has 0 aliphatic heterocycles. The number of nitrogens with two attached hydrogens (primary N) is 2. The lowest BCUT2D eigenvalue weighted by atomic mass is 10.1. The van der Waals surface area contributed by atoms with Crippen LogP contribution >= 0.6 is 21.6 Å². The van der Waals surface area contributed by atoms with Crippen molar-refractivity contribution < 1.29 is 49.2 Å². The molecule has 0 bridgehead atoms. The molecule has 0 radical (unpaired) electrons. The summed E-state index contributed by atoms with van der Waals surface area (Å²) in [6.07, 6.45) is -0.950. The fraction of sp³-hybridized carbons (Fsp3) is 0.667. The van der Waals surface area contributed by atoms with Crippen LogP contribution in [0.5, 0.6) is 0 Å². The lowest BCUT2D eigenvalue weighted by molar-refractivity contribution is -0.142. The molecule has 0 saturated heterocycles. The molecule has 4 unspecified atom stereocenters. The van der Waals surface area contributed by atoms with Gasteiger partial charge in [-0.2, -0.15) is 0 Å². The quantitative estimate of drug-likeness (QED) is 0.0769. The van der Waals surface area contributed by atoms with Crippen molar-refractivity contribution in [2.45, 2.75) is 74.2 Å². The maximum absolute atomic E-state index is 12.0. The molecule has 0 heterocycles. The lowest BCUT2D eigenvalue weighted by Crippen LogP contribution is -2.42. The minimum atomic E-state index is -1.30. The average Bonchev–Trinajstić information content (AvgIpc) is 2.69. The van der Waals surface area contributed by atoms with E-state index < -0.39 is 58.5 Å². The van der Waals surface area contributed by atoms with Gasteiger partial charge < -0.3 is 42.5 Å². The van der Waals surface area contributed by atoms with Gasteiger partial charge in [0.2, 0.25) is 11.8 Å². The highest BCUT2D eigenvalue weighted by Gasteiger charge is 2.23. The number of carbonyl (C=O) groups is 6. The van der Waals surface area contributed by atoms with Gasteiger partial charge in [0.1, 0.15) is 12.1 Å². The Hall–Kier alpha value is -2.56. The molecule has 0 rings (SSSR count). The first-order valence-corrected chi connectivity index (χ1v) is 12.4. The van der Waals surface area contributed by atoms with Gasteiger partial charge in [-0.15, -0.1) is 0 Å². The van der Waals surface area contributed by atoms with Gasteiger partial charge in [-0.25, -0.2) is 9.59 Å². The van der Waals surface area contributed by atoms with Crippen LogP contribution in [0.2, 0.25) is 0 Å². The van der Waals surface area contributed by atoms with Gasteiger partial charge in [-0.3, -0.25) is 19.2 Å². The lowest BCUT2D eigenvalue weighted by Gasteiger charge is -2.18. The molecule has 0 aliphatic rings. The molecule has 0 spiro atoms. The summed E-state index contributed by atoms with van der Waals surface area (Å²) in [5.74, 6) is -6.06. The first-order chi connectivity index (χ1) is 15.8. The Morgan fingerprint density at radius 2 is 0.971 bits per heavy atom. The van der Waals surface area contributed by atoms with Gasteiger partial charge in [0.25, 0.3) is 0 Å². The standard InChI is InChI=1S/C18H30N4O10S2/c19-11(7-13(23)21-9(17(29)30)3-1-5-15(25)26)33-34-12(20)8-14(24)22-10(18(31)32)4-2-6-16(27)28/h9-12H,1-8,19-20H2,(H,21,23)(H,22,24)(H,25,26)(H,27,28)(H,29,30)(H,31,32). The Morgan fingerprint density at radius 3 is 1.24 bits per heavy atom. The van der Waals surface area contributed by atoms with Crippen LogP contribution in [-0.2, 0) is 28.8 Å². The maximum Gasteiger partial charge on any atom is 0.326 e. The zero-order chi connectivity index (χ0) is 26.3. The van der Waals surface area contributed by atoms with Crippen LogP contribution in [-0.4, -0.2) is 78.9 Å². The van der Waals surface area contributed by atoms with E-state index in [9.17, 15) is 28.8 Å². The molecule has 0 aromatic heterocycles. The third-order valence-corrected chi connectivity index (χ3v) is 6.86. The van der Waals surface area contributed by atoms with Crippen LogP contribution in [0.4, 0.5) is 0 Å².